The summed E-state index contributed by atoms with van der Waals surface area (Å²) in [6, 6.07) is 5.48. The molecule has 0 aromatic heterocycles. The first-order valence-corrected chi connectivity index (χ1v) is 8.10. The number of hydrogen-bond acceptors (Lipinski definition) is 5. The minimum absolute atomic E-state index is 0.346. The summed E-state index contributed by atoms with van der Waals surface area (Å²) in [5, 5.41) is 1.89. The second-order valence-corrected chi connectivity index (χ2v) is 5.71. The van der Waals surface area contributed by atoms with Crippen molar-refractivity contribution in [2.24, 2.45) is 0 Å². The molecule has 0 spiro atoms. The number of imide groups is 1. The number of thioether (sulfide) groups is 1. The van der Waals surface area contributed by atoms with Gasteiger partial charge in [0.05, 0.1) is 18.1 Å². The number of unbranched alkanes of at least 4 members (excludes halogenated alkanes) is 1. The maximum Gasteiger partial charge on any atom is 0.290 e. The van der Waals surface area contributed by atoms with Crippen molar-refractivity contribution in [2.45, 2.75) is 26.7 Å². The third kappa shape index (κ3) is 4.27. The third-order valence-electron chi connectivity index (χ3n) is 2.96. The van der Waals surface area contributed by atoms with Crippen molar-refractivity contribution in [1.82, 2.24) is 5.32 Å². The summed E-state index contributed by atoms with van der Waals surface area (Å²) in [5.74, 6) is 0.968. The zero-order valence-corrected chi connectivity index (χ0v) is 13.5. The summed E-state index contributed by atoms with van der Waals surface area (Å²) in [5.41, 5.74) is 0.790. The SMILES string of the molecule is CCCCOc1ccc(/C=C2/SC(=O)NC2=O)cc1OCC. The van der Waals surface area contributed by atoms with Crippen molar-refractivity contribution >= 4 is 29.0 Å². The molecule has 1 heterocycles. The van der Waals surface area contributed by atoms with Crippen LogP contribution in [0.15, 0.2) is 23.1 Å². The van der Waals surface area contributed by atoms with Crippen LogP contribution in [0.3, 0.4) is 0 Å². The Morgan fingerprint density at radius 1 is 1.18 bits per heavy atom. The zero-order chi connectivity index (χ0) is 15.9. The van der Waals surface area contributed by atoms with Gasteiger partial charge in [0.2, 0.25) is 0 Å². The Labute approximate surface area is 134 Å². The topological polar surface area (TPSA) is 64.6 Å². The molecule has 0 saturated carbocycles. The van der Waals surface area contributed by atoms with Gasteiger partial charge < -0.3 is 9.47 Å². The van der Waals surface area contributed by atoms with Crippen molar-refractivity contribution in [3.63, 3.8) is 0 Å². The molecule has 0 unspecified atom stereocenters. The molecule has 0 atom stereocenters. The van der Waals surface area contributed by atoms with Gasteiger partial charge >= 0.3 is 0 Å². The van der Waals surface area contributed by atoms with Crippen LogP contribution in [0.4, 0.5) is 4.79 Å². The molecule has 1 saturated heterocycles. The molecule has 2 amide bonds. The van der Waals surface area contributed by atoms with Gasteiger partial charge in [-0.25, -0.2) is 0 Å². The normalized spacial score (nSPS) is 16.0. The molecule has 1 fully saturated rings. The fraction of sp³-hybridized carbons (Fsp3) is 0.375. The maximum absolute atomic E-state index is 11.6. The van der Waals surface area contributed by atoms with Crippen molar-refractivity contribution in [3.05, 3.63) is 28.7 Å². The lowest BCUT2D eigenvalue weighted by Gasteiger charge is -2.12. The van der Waals surface area contributed by atoms with Crippen LogP contribution in [-0.2, 0) is 4.79 Å². The van der Waals surface area contributed by atoms with E-state index < -0.39 is 0 Å². The smallest absolute Gasteiger partial charge is 0.290 e. The van der Waals surface area contributed by atoms with E-state index in [0.29, 0.717) is 29.6 Å². The first kappa shape index (κ1) is 16.4. The summed E-state index contributed by atoms with van der Waals surface area (Å²) in [7, 11) is 0. The highest BCUT2D eigenvalue weighted by molar-refractivity contribution is 8.18. The summed E-state index contributed by atoms with van der Waals surface area (Å²) in [4.78, 5) is 23.1. The fourth-order valence-corrected chi connectivity index (χ4v) is 2.58. The van der Waals surface area contributed by atoms with Gasteiger partial charge in [-0.15, -0.1) is 0 Å². The molecule has 6 heteroatoms. The second kappa shape index (κ2) is 7.89. The van der Waals surface area contributed by atoms with Gasteiger partial charge in [-0.2, -0.15) is 0 Å². The molecule has 22 heavy (non-hydrogen) atoms. The van der Waals surface area contributed by atoms with E-state index >= 15 is 0 Å². The van der Waals surface area contributed by atoms with Gasteiger partial charge in [0.25, 0.3) is 11.1 Å². The molecule has 5 nitrogen and oxygen atoms in total. The van der Waals surface area contributed by atoms with Crippen LogP contribution in [-0.4, -0.2) is 24.4 Å². The van der Waals surface area contributed by atoms with Gasteiger partial charge in [-0.05, 0) is 48.9 Å². The molecule has 1 N–H and O–H groups in total. The first-order chi connectivity index (χ1) is 10.6. The summed E-state index contributed by atoms with van der Waals surface area (Å²) >= 11 is 0.898. The molecule has 0 bridgehead atoms. The van der Waals surface area contributed by atoms with E-state index in [1.807, 2.05) is 25.1 Å². The summed E-state index contributed by atoms with van der Waals surface area (Å²) in [6.07, 6.45) is 3.72. The number of nitrogens with one attached hydrogen (secondary N) is 1. The average molecular weight is 321 g/mol. The van der Waals surface area contributed by atoms with Crippen molar-refractivity contribution in [1.29, 1.82) is 0 Å². The quantitative estimate of drug-likeness (QED) is 0.614. The Morgan fingerprint density at radius 3 is 2.64 bits per heavy atom. The molecule has 1 aliphatic heterocycles. The highest BCUT2D eigenvalue weighted by Crippen LogP contribution is 2.31. The van der Waals surface area contributed by atoms with Crippen LogP contribution < -0.4 is 14.8 Å². The van der Waals surface area contributed by atoms with Crippen molar-refractivity contribution in [3.8, 4) is 11.5 Å². The zero-order valence-electron chi connectivity index (χ0n) is 12.7. The predicted octanol–water partition coefficient (Wildman–Crippen LogP) is 3.59. The largest absolute Gasteiger partial charge is 0.490 e. The van der Waals surface area contributed by atoms with Crippen LogP contribution in [0.2, 0.25) is 0 Å². The van der Waals surface area contributed by atoms with Crippen LogP contribution in [0.5, 0.6) is 11.5 Å². The maximum atomic E-state index is 11.6. The van der Waals surface area contributed by atoms with Crippen LogP contribution >= 0.6 is 11.8 Å². The van der Waals surface area contributed by atoms with E-state index in [4.69, 9.17) is 9.47 Å². The second-order valence-electron chi connectivity index (χ2n) is 4.69. The van der Waals surface area contributed by atoms with E-state index in [9.17, 15) is 9.59 Å². The molecule has 1 aliphatic rings. The number of carbonyl (C=O) groups is 2. The standard InChI is InChI=1S/C16H19NO4S/c1-3-5-8-21-12-7-6-11(9-13(12)20-4-2)10-14-15(18)17-16(19)22-14/h6-7,9-10H,3-5,8H2,1-2H3,(H,17,18,19)/b14-10+. The summed E-state index contributed by atoms with van der Waals surface area (Å²) < 4.78 is 11.3. The van der Waals surface area contributed by atoms with Crippen LogP contribution in [0.1, 0.15) is 32.3 Å². The highest BCUT2D eigenvalue weighted by Gasteiger charge is 2.25. The lowest BCUT2D eigenvalue weighted by atomic mass is 10.2. The monoisotopic (exact) mass is 321 g/mol. The predicted molar refractivity (Wildman–Crippen MR) is 87.1 cm³/mol. The van der Waals surface area contributed by atoms with E-state index in [2.05, 4.69) is 12.2 Å². The van der Waals surface area contributed by atoms with Gasteiger partial charge in [0, 0.05) is 0 Å². The Balaban J connectivity index is 2.19. The molecule has 0 aliphatic carbocycles. The lowest BCUT2D eigenvalue weighted by Crippen LogP contribution is -2.17. The number of carbonyl (C=O) groups excluding carboxylic acids is 2. The number of hydrogen-bond donors (Lipinski definition) is 1. The first-order valence-electron chi connectivity index (χ1n) is 7.28. The van der Waals surface area contributed by atoms with E-state index in [1.165, 1.54) is 0 Å². The minimum Gasteiger partial charge on any atom is -0.490 e. The number of amides is 2. The Hall–Kier alpha value is -1.95. The van der Waals surface area contributed by atoms with E-state index in [0.717, 1.165) is 30.2 Å². The van der Waals surface area contributed by atoms with E-state index in [-0.39, 0.29) is 11.1 Å². The van der Waals surface area contributed by atoms with Gasteiger partial charge in [-0.3, -0.25) is 14.9 Å². The van der Waals surface area contributed by atoms with Gasteiger partial charge in [0.1, 0.15) is 0 Å². The van der Waals surface area contributed by atoms with Crippen LogP contribution in [0, 0.1) is 0 Å². The average Bonchev–Trinajstić information content (AvgIpc) is 2.79. The molecule has 118 valence electrons. The molecule has 1 aromatic rings. The lowest BCUT2D eigenvalue weighted by molar-refractivity contribution is -0.115. The summed E-state index contributed by atoms with van der Waals surface area (Å²) in [6.45, 7) is 5.18. The molecule has 1 aromatic carbocycles. The fourth-order valence-electron chi connectivity index (χ4n) is 1.90. The van der Waals surface area contributed by atoms with Gasteiger partial charge in [0.15, 0.2) is 11.5 Å². The Morgan fingerprint density at radius 2 is 2.00 bits per heavy atom. The Bertz CT molecular complexity index is 598. The molecular weight excluding hydrogens is 302 g/mol. The molecule has 2 rings (SSSR count). The number of benzene rings is 1. The third-order valence-corrected chi connectivity index (χ3v) is 3.77. The van der Waals surface area contributed by atoms with Crippen LogP contribution in [0.25, 0.3) is 6.08 Å². The number of rotatable bonds is 7. The number of ether oxygens (including phenoxy) is 2. The van der Waals surface area contributed by atoms with E-state index in [1.54, 1.807) is 6.08 Å². The van der Waals surface area contributed by atoms with Crippen molar-refractivity contribution < 1.29 is 19.1 Å². The Kier molecular flexibility index (Phi) is 5.89. The molecular formula is C16H19NO4S. The van der Waals surface area contributed by atoms with Gasteiger partial charge in [-0.1, -0.05) is 19.4 Å². The van der Waals surface area contributed by atoms with Crippen molar-refractivity contribution in [2.75, 3.05) is 13.2 Å². The minimum atomic E-state index is -0.365. The molecule has 0 radical (unpaired) electrons. The highest BCUT2D eigenvalue weighted by atomic mass is 32.2.